The van der Waals surface area contributed by atoms with Gasteiger partial charge in [-0.25, -0.2) is 4.98 Å². The molecule has 1 saturated heterocycles. The lowest BCUT2D eigenvalue weighted by Crippen LogP contribution is -2.30. The Balaban J connectivity index is 1.62. The van der Waals surface area contributed by atoms with Crippen LogP contribution in [0.1, 0.15) is 21.8 Å². The molecule has 0 bridgehead atoms. The van der Waals surface area contributed by atoms with Crippen LogP contribution in [0.2, 0.25) is 0 Å². The summed E-state index contributed by atoms with van der Waals surface area (Å²) in [6.45, 7) is 3.22. The molecule has 20 heavy (non-hydrogen) atoms. The number of aromatic nitrogens is 2. The lowest BCUT2D eigenvalue weighted by Gasteiger charge is -2.16. The quantitative estimate of drug-likeness (QED) is 0.868. The number of nitrogens with zero attached hydrogens (tertiary/aromatic N) is 3. The van der Waals surface area contributed by atoms with Crippen LogP contribution in [0, 0.1) is 6.92 Å². The van der Waals surface area contributed by atoms with Crippen molar-refractivity contribution in [1.29, 1.82) is 0 Å². The van der Waals surface area contributed by atoms with E-state index in [1.165, 1.54) is 11.3 Å². The van der Waals surface area contributed by atoms with Gasteiger partial charge < -0.3 is 9.64 Å². The number of carbonyl (C=O) groups excluding carboxylic acids is 1. The van der Waals surface area contributed by atoms with Gasteiger partial charge in [0.05, 0.1) is 17.7 Å². The van der Waals surface area contributed by atoms with Crippen LogP contribution in [0.25, 0.3) is 0 Å². The molecule has 2 aromatic rings. The minimum Gasteiger partial charge on any atom is -0.488 e. The first kappa shape index (κ1) is 13.1. The molecule has 6 heteroatoms. The molecule has 1 atom stereocenters. The molecule has 1 aliphatic rings. The van der Waals surface area contributed by atoms with Gasteiger partial charge in [0, 0.05) is 25.4 Å². The molecular formula is C14H15N3O2S. The van der Waals surface area contributed by atoms with E-state index in [4.69, 9.17) is 4.74 Å². The number of amides is 1. The van der Waals surface area contributed by atoms with Crippen molar-refractivity contribution in [3.05, 3.63) is 40.6 Å². The average Bonchev–Trinajstić information content (AvgIpc) is 3.08. The van der Waals surface area contributed by atoms with Gasteiger partial charge >= 0.3 is 0 Å². The highest BCUT2D eigenvalue weighted by Gasteiger charge is 2.29. The van der Waals surface area contributed by atoms with Crippen molar-refractivity contribution in [3.8, 4) is 5.75 Å². The smallest absolute Gasteiger partial charge is 0.265 e. The maximum absolute atomic E-state index is 12.4. The molecule has 0 radical (unpaired) electrons. The fourth-order valence-electron chi connectivity index (χ4n) is 2.27. The van der Waals surface area contributed by atoms with Crippen molar-refractivity contribution in [2.24, 2.45) is 0 Å². The van der Waals surface area contributed by atoms with Crippen LogP contribution in [0.3, 0.4) is 0 Å². The van der Waals surface area contributed by atoms with Crippen LogP contribution < -0.4 is 4.74 Å². The summed E-state index contributed by atoms with van der Waals surface area (Å²) in [6.07, 6.45) is 4.31. The average molecular weight is 289 g/mol. The Morgan fingerprint density at radius 3 is 2.95 bits per heavy atom. The van der Waals surface area contributed by atoms with Gasteiger partial charge in [-0.1, -0.05) is 0 Å². The molecule has 1 aliphatic heterocycles. The molecule has 1 amide bonds. The molecule has 1 fully saturated rings. The van der Waals surface area contributed by atoms with Gasteiger partial charge in [0.25, 0.3) is 5.91 Å². The molecule has 1 unspecified atom stereocenters. The second-order valence-corrected chi connectivity index (χ2v) is 5.58. The molecule has 0 aromatic carbocycles. The van der Waals surface area contributed by atoms with E-state index >= 15 is 0 Å². The first-order valence-corrected chi connectivity index (χ1v) is 7.38. The summed E-state index contributed by atoms with van der Waals surface area (Å²) >= 11 is 1.40. The van der Waals surface area contributed by atoms with E-state index in [-0.39, 0.29) is 12.0 Å². The summed E-state index contributed by atoms with van der Waals surface area (Å²) in [5.41, 5.74) is 2.52. The number of hydrogen-bond acceptors (Lipinski definition) is 5. The predicted octanol–water partition coefficient (Wildman–Crippen LogP) is 2.14. The summed E-state index contributed by atoms with van der Waals surface area (Å²) in [5, 5.41) is 0. The highest BCUT2D eigenvalue weighted by Crippen LogP contribution is 2.21. The summed E-state index contributed by atoms with van der Waals surface area (Å²) in [7, 11) is 0. The maximum Gasteiger partial charge on any atom is 0.265 e. The van der Waals surface area contributed by atoms with E-state index in [2.05, 4.69) is 9.97 Å². The van der Waals surface area contributed by atoms with E-state index in [1.807, 2.05) is 24.0 Å². The summed E-state index contributed by atoms with van der Waals surface area (Å²) in [6, 6.07) is 3.66. The van der Waals surface area contributed by atoms with Crippen LogP contribution in [-0.4, -0.2) is 40.0 Å². The third kappa shape index (κ3) is 2.65. The van der Waals surface area contributed by atoms with Crippen LogP contribution in [-0.2, 0) is 0 Å². The van der Waals surface area contributed by atoms with Gasteiger partial charge in [-0.15, -0.1) is 11.3 Å². The number of carbonyl (C=O) groups is 1. The Morgan fingerprint density at radius 2 is 2.25 bits per heavy atom. The first-order chi connectivity index (χ1) is 9.74. The Kier molecular flexibility index (Phi) is 3.64. The number of hydrogen-bond donors (Lipinski definition) is 0. The number of thiazole rings is 1. The largest absolute Gasteiger partial charge is 0.488 e. The fraction of sp³-hybridized carbons (Fsp3) is 0.357. The highest BCUT2D eigenvalue weighted by molar-refractivity contribution is 7.11. The van der Waals surface area contributed by atoms with Crippen molar-refractivity contribution in [1.82, 2.24) is 14.9 Å². The molecule has 0 saturated carbocycles. The zero-order chi connectivity index (χ0) is 13.9. The third-order valence-corrected chi connectivity index (χ3v) is 4.24. The second-order valence-electron chi connectivity index (χ2n) is 4.73. The molecule has 3 heterocycles. The van der Waals surface area contributed by atoms with E-state index in [0.717, 1.165) is 29.3 Å². The molecule has 104 valence electrons. The van der Waals surface area contributed by atoms with Crippen molar-refractivity contribution >= 4 is 17.2 Å². The number of likely N-dealkylation sites (tertiary alicyclic amines) is 1. The predicted molar refractivity (Wildman–Crippen MR) is 76.0 cm³/mol. The zero-order valence-corrected chi connectivity index (χ0v) is 12.0. The number of rotatable bonds is 3. The van der Waals surface area contributed by atoms with Crippen molar-refractivity contribution in [2.45, 2.75) is 19.4 Å². The van der Waals surface area contributed by atoms with Crippen LogP contribution >= 0.6 is 11.3 Å². The van der Waals surface area contributed by atoms with E-state index in [9.17, 15) is 4.79 Å². The number of aryl methyl sites for hydroxylation is 1. The topological polar surface area (TPSA) is 55.3 Å². The van der Waals surface area contributed by atoms with Crippen molar-refractivity contribution in [3.63, 3.8) is 0 Å². The van der Waals surface area contributed by atoms with Crippen LogP contribution in [0.15, 0.2) is 30.0 Å². The SMILES string of the molecule is Cc1ncsc1C(=O)N1CCC(Oc2ccncc2)C1. The summed E-state index contributed by atoms with van der Waals surface area (Å²) < 4.78 is 5.86. The van der Waals surface area contributed by atoms with Gasteiger partial charge in [-0.05, 0) is 19.1 Å². The highest BCUT2D eigenvalue weighted by atomic mass is 32.1. The second kappa shape index (κ2) is 5.58. The number of ether oxygens (including phenoxy) is 1. The molecule has 3 rings (SSSR count). The standard InChI is InChI=1S/C14H15N3O2S/c1-10-13(20-9-16-10)14(18)17-7-4-12(8-17)19-11-2-5-15-6-3-11/h2-3,5-6,9,12H,4,7-8H2,1H3. The molecule has 0 N–H and O–H groups in total. The van der Waals surface area contributed by atoms with E-state index in [0.29, 0.717) is 6.54 Å². The van der Waals surface area contributed by atoms with Gasteiger partial charge in [0.2, 0.25) is 0 Å². The first-order valence-electron chi connectivity index (χ1n) is 6.50. The zero-order valence-electron chi connectivity index (χ0n) is 11.2. The van der Waals surface area contributed by atoms with Gasteiger partial charge in [-0.2, -0.15) is 0 Å². The van der Waals surface area contributed by atoms with Crippen molar-refractivity contribution < 1.29 is 9.53 Å². The molecular weight excluding hydrogens is 274 g/mol. The minimum absolute atomic E-state index is 0.0505. The summed E-state index contributed by atoms with van der Waals surface area (Å²) in [4.78, 5) is 23.0. The third-order valence-electron chi connectivity index (χ3n) is 3.32. The van der Waals surface area contributed by atoms with Crippen LogP contribution in [0.4, 0.5) is 0 Å². The summed E-state index contributed by atoms with van der Waals surface area (Å²) in [5.74, 6) is 0.860. The Hall–Kier alpha value is -1.95. The van der Waals surface area contributed by atoms with E-state index in [1.54, 1.807) is 17.9 Å². The molecule has 0 aliphatic carbocycles. The van der Waals surface area contributed by atoms with Gasteiger partial charge in [-0.3, -0.25) is 9.78 Å². The Morgan fingerprint density at radius 1 is 1.45 bits per heavy atom. The monoisotopic (exact) mass is 289 g/mol. The molecule has 5 nitrogen and oxygen atoms in total. The van der Waals surface area contributed by atoms with E-state index < -0.39 is 0 Å². The molecule has 2 aromatic heterocycles. The lowest BCUT2D eigenvalue weighted by molar-refractivity contribution is 0.0776. The fourth-order valence-corrected chi connectivity index (χ4v) is 3.04. The maximum atomic E-state index is 12.4. The van der Waals surface area contributed by atoms with Crippen LogP contribution in [0.5, 0.6) is 5.75 Å². The Bertz CT molecular complexity index is 599. The Labute approximate surface area is 121 Å². The molecule has 0 spiro atoms. The lowest BCUT2D eigenvalue weighted by atomic mass is 10.3. The number of pyridine rings is 1. The minimum atomic E-state index is 0.0505. The van der Waals surface area contributed by atoms with Gasteiger partial charge in [0.15, 0.2) is 0 Å². The normalized spacial score (nSPS) is 18.2. The van der Waals surface area contributed by atoms with Gasteiger partial charge in [0.1, 0.15) is 16.7 Å². The van der Waals surface area contributed by atoms with Crippen molar-refractivity contribution in [2.75, 3.05) is 13.1 Å².